The second-order valence-electron chi connectivity index (χ2n) is 9.83. The van der Waals surface area contributed by atoms with Crippen LogP contribution in [0.2, 0.25) is 0 Å². The molecule has 0 atom stereocenters. The number of likely N-dealkylation sites (tertiary alicyclic amines) is 1. The van der Waals surface area contributed by atoms with Crippen LogP contribution in [0.25, 0.3) is 22.2 Å². The number of H-pyrrole nitrogens is 1. The Bertz CT molecular complexity index is 1530. The number of hydrogen-bond acceptors (Lipinski definition) is 5. The lowest BCUT2D eigenvalue weighted by atomic mass is 10.0. The number of nitrogens with zero attached hydrogens (tertiary/aromatic N) is 3. The van der Waals surface area contributed by atoms with Gasteiger partial charge in [0.2, 0.25) is 11.9 Å². The lowest BCUT2D eigenvalue weighted by Gasteiger charge is -2.33. The fourth-order valence-corrected chi connectivity index (χ4v) is 4.88. The number of amides is 2. The zero-order valence-electron chi connectivity index (χ0n) is 20.5. The van der Waals surface area contributed by atoms with E-state index in [-0.39, 0.29) is 29.3 Å². The smallest absolute Gasteiger partial charge is 0.254 e. The zero-order valence-corrected chi connectivity index (χ0v) is 20.5. The van der Waals surface area contributed by atoms with E-state index in [0.717, 1.165) is 29.9 Å². The highest BCUT2D eigenvalue weighted by molar-refractivity contribution is 5.99. The van der Waals surface area contributed by atoms with Crippen LogP contribution in [0.3, 0.4) is 0 Å². The average molecular weight is 517 g/mol. The average Bonchev–Trinajstić information content (AvgIpc) is 3.67. The molecule has 6 rings (SSSR count). The third kappa shape index (κ3) is 4.93. The Labute approximate surface area is 217 Å². The molecule has 3 N–H and O–H groups in total. The van der Waals surface area contributed by atoms with Crippen LogP contribution in [-0.2, 0) is 4.79 Å². The van der Waals surface area contributed by atoms with Crippen molar-refractivity contribution in [2.75, 3.05) is 23.7 Å². The van der Waals surface area contributed by atoms with E-state index in [1.165, 1.54) is 18.3 Å². The maximum Gasteiger partial charge on any atom is 0.254 e. The molecule has 2 fully saturated rings. The number of benzene rings is 1. The molecule has 0 unspecified atom stereocenters. The lowest BCUT2D eigenvalue weighted by Crippen LogP contribution is -2.42. The maximum absolute atomic E-state index is 15.2. The van der Waals surface area contributed by atoms with Gasteiger partial charge in [0.25, 0.3) is 5.91 Å². The number of halogens is 2. The molecule has 0 radical (unpaired) electrons. The van der Waals surface area contributed by atoms with E-state index in [1.54, 1.807) is 23.2 Å². The summed E-state index contributed by atoms with van der Waals surface area (Å²) in [5.74, 6) is -0.870. The highest BCUT2D eigenvalue weighted by Crippen LogP contribution is 2.34. The highest BCUT2D eigenvalue weighted by Gasteiger charge is 2.30. The summed E-state index contributed by atoms with van der Waals surface area (Å²) in [5.41, 5.74) is 2.72. The Hall–Kier alpha value is -4.34. The van der Waals surface area contributed by atoms with Gasteiger partial charge in [-0.2, -0.15) is 4.39 Å². The van der Waals surface area contributed by atoms with Crippen LogP contribution in [0.5, 0.6) is 0 Å². The van der Waals surface area contributed by atoms with Crippen molar-refractivity contribution in [3.63, 3.8) is 0 Å². The molecule has 0 bridgehead atoms. The summed E-state index contributed by atoms with van der Waals surface area (Å²) in [6.45, 7) is 0.968. The van der Waals surface area contributed by atoms with E-state index in [0.29, 0.717) is 48.6 Å². The molecule has 10 heteroatoms. The van der Waals surface area contributed by atoms with Crippen LogP contribution in [0, 0.1) is 17.7 Å². The molecule has 1 aliphatic heterocycles. The van der Waals surface area contributed by atoms with Crippen LogP contribution >= 0.6 is 0 Å². The minimum absolute atomic E-state index is 0.00452. The van der Waals surface area contributed by atoms with Gasteiger partial charge in [0.15, 0.2) is 0 Å². The molecule has 2 amide bonds. The van der Waals surface area contributed by atoms with Crippen molar-refractivity contribution in [2.45, 2.75) is 31.7 Å². The molecule has 1 aliphatic carbocycles. The van der Waals surface area contributed by atoms with Crippen molar-refractivity contribution in [3.05, 3.63) is 72.2 Å². The van der Waals surface area contributed by atoms with Crippen molar-refractivity contribution in [2.24, 2.45) is 5.92 Å². The number of piperidine rings is 1. The van der Waals surface area contributed by atoms with Crippen LogP contribution < -0.4 is 10.6 Å². The van der Waals surface area contributed by atoms with Gasteiger partial charge in [-0.15, -0.1) is 0 Å². The largest absolute Gasteiger partial charge is 0.380 e. The number of carbonyl (C=O) groups excluding carboxylic acids is 2. The predicted molar refractivity (Wildman–Crippen MR) is 140 cm³/mol. The first-order valence-corrected chi connectivity index (χ1v) is 12.7. The van der Waals surface area contributed by atoms with Gasteiger partial charge in [-0.3, -0.25) is 9.59 Å². The van der Waals surface area contributed by atoms with Crippen molar-refractivity contribution in [3.8, 4) is 11.1 Å². The van der Waals surface area contributed by atoms with E-state index >= 15 is 4.39 Å². The van der Waals surface area contributed by atoms with Crippen molar-refractivity contribution >= 4 is 34.4 Å². The Balaban J connectivity index is 1.14. The SMILES string of the molecule is O=C(Nc1cc(-c2ccc(NC3CCN(C(=O)c4ccnc(F)c4)CC3)c(F)c2)c2cc[nH]c2n1)C1CC1. The normalized spacial score (nSPS) is 16.0. The lowest BCUT2D eigenvalue weighted by molar-refractivity contribution is -0.117. The fourth-order valence-electron chi connectivity index (χ4n) is 4.88. The molecule has 2 aliphatic rings. The molecule has 1 saturated heterocycles. The number of hydrogen-bond donors (Lipinski definition) is 3. The van der Waals surface area contributed by atoms with Gasteiger partial charge in [0.05, 0.1) is 5.69 Å². The number of rotatable bonds is 6. The second-order valence-corrected chi connectivity index (χ2v) is 9.83. The zero-order chi connectivity index (χ0) is 26.2. The van der Waals surface area contributed by atoms with Crippen LogP contribution in [0.15, 0.2) is 54.9 Å². The highest BCUT2D eigenvalue weighted by atomic mass is 19.1. The summed E-state index contributed by atoms with van der Waals surface area (Å²) in [5, 5.41) is 6.98. The van der Waals surface area contributed by atoms with Gasteiger partial charge < -0.3 is 20.5 Å². The number of nitrogens with one attached hydrogen (secondary N) is 3. The molecular formula is C28H26F2N6O2. The molecule has 4 aromatic rings. The van der Waals surface area contributed by atoms with Crippen molar-refractivity contribution < 1.29 is 18.4 Å². The minimum Gasteiger partial charge on any atom is -0.380 e. The molecule has 194 valence electrons. The number of fused-ring (bicyclic) bond motifs is 1. The molecule has 1 saturated carbocycles. The van der Waals surface area contributed by atoms with Gasteiger partial charge in [-0.1, -0.05) is 6.07 Å². The number of aromatic amines is 1. The summed E-state index contributed by atoms with van der Waals surface area (Å²) in [7, 11) is 0. The molecule has 4 heterocycles. The van der Waals surface area contributed by atoms with Crippen LogP contribution in [0.1, 0.15) is 36.0 Å². The Morgan fingerprint density at radius 1 is 1.00 bits per heavy atom. The van der Waals surface area contributed by atoms with E-state index < -0.39 is 11.8 Å². The maximum atomic E-state index is 15.2. The Kier molecular flexibility index (Phi) is 6.22. The fraction of sp³-hybridized carbons (Fsp3) is 0.286. The first-order chi connectivity index (χ1) is 18.4. The molecule has 8 nitrogen and oxygen atoms in total. The first-order valence-electron chi connectivity index (χ1n) is 12.7. The van der Waals surface area contributed by atoms with Gasteiger partial charge in [-0.05, 0) is 67.1 Å². The monoisotopic (exact) mass is 516 g/mol. The van der Waals surface area contributed by atoms with E-state index in [2.05, 4.69) is 25.6 Å². The first kappa shape index (κ1) is 24.0. The number of anilines is 2. The van der Waals surface area contributed by atoms with E-state index in [4.69, 9.17) is 0 Å². The number of carbonyl (C=O) groups is 2. The quantitative estimate of drug-likeness (QED) is 0.314. The third-order valence-corrected chi connectivity index (χ3v) is 7.12. The molecule has 38 heavy (non-hydrogen) atoms. The number of aromatic nitrogens is 3. The summed E-state index contributed by atoms with van der Waals surface area (Å²) < 4.78 is 28.6. The molecule has 0 spiro atoms. The molecule has 1 aromatic carbocycles. The van der Waals surface area contributed by atoms with Gasteiger partial charge >= 0.3 is 0 Å². The van der Waals surface area contributed by atoms with Crippen molar-refractivity contribution in [1.82, 2.24) is 19.9 Å². The summed E-state index contributed by atoms with van der Waals surface area (Å²) in [6.07, 6.45) is 6.10. The third-order valence-electron chi connectivity index (χ3n) is 7.12. The topological polar surface area (TPSA) is 103 Å². The number of pyridine rings is 2. The Morgan fingerprint density at radius 2 is 1.82 bits per heavy atom. The van der Waals surface area contributed by atoms with E-state index in [1.807, 2.05) is 12.1 Å². The standard InChI is InChI=1S/C28H26F2N6O2/c29-22-13-17(21-15-25(35-27(37)16-1-2-16)34-26-20(21)6-10-32-26)3-4-23(22)33-19-7-11-36(12-8-19)28(38)18-5-9-31-24(30)14-18/h3-6,9-10,13-16,19,33H,1-2,7-8,11-12H2,(H2,32,34,35,37). The van der Waals surface area contributed by atoms with Gasteiger partial charge in [-0.25, -0.2) is 14.4 Å². The Morgan fingerprint density at radius 3 is 2.55 bits per heavy atom. The van der Waals surface area contributed by atoms with E-state index in [9.17, 15) is 14.0 Å². The summed E-state index contributed by atoms with van der Waals surface area (Å²) in [6, 6.07) is 11.3. The van der Waals surface area contributed by atoms with Gasteiger partial charge in [0, 0.05) is 54.5 Å². The van der Waals surface area contributed by atoms with Gasteiger partial charge in [0.1, 0.15) is 17.3 Å². The summed E-state index contributed by atoms with van der Waals surface area (Å²) in [4.78, 5) is 37.6. The minimum atomic E-state index is -0.686. The molecular weight excluding hydrogens is 490 g/mol. The molecule has 3 aromatic heterocycles. The summed E-state index contributed by atoms with van der Waals surface area (Å²) >= 11 is 0. The van der Waals surface area contributed by atoms with Crippen molar-refractivity contribution in [1.29, 1.82) is 0 Å². The van der Waals surface area contributed by atoms with Crippen LogP contribution in [-0.4, -0.2) is 50.8 Å². The second kappa shape index (κ2) is 9.85. The van der Waals surface area contributed by atoms with Crippen LogP contribution in [0.4, 0.5) is 20.3 Å². The predicted octanol–water partition coefficient (Wildman–Crippen LogP) is 4.97.